The molecule has 0 bridgehead atoms. The van der Waals surface area contributed by atoms with Crippen LogP contribution < -0.4 is 10.2 Å². The summed E-state index contributed by atoms with van der Waals surface area (Å²) < 4.78 is 0. The Morgan fingerprint density at radius 2 is 2.06 bits per heavy atom. The summed E-state index contributed by atoms with van der Waals surface area (Å²) in [6.45, 7) is 2.51. The Morgan fingerprint density at radius 1 is 1.33 bits per heavy atom. The lowest BCUT2D eigenvalue weighted by Gasteiger charge is -2.23. The number of rotatable bonds is 5. The Bertz CT molecular complexity index is 395. The highest BCUT2D eigenvalue weighted by molar-refractivity contribution is 6.34. The number of hydrogen-bond donors (Lipinski definition) is 2. The molecule has 1 aliphatic heterocycles. The van der Waals surface area contributed by atoms with Crippen molar-refractivity contribution in [2.75, 3.05) is 35.7 Å². The van der Waals surface area contributed by atoms with Gasteiger partial charge < -0.3 is 15.3 Å². The monoisotopic (exact) mass is 288 g/mol. The molecule has 100 valence electrons. The lowest BCUT2D eigenvalue weighted by atomic mass is 10.2. The number of nitrogens with one attached hydrogen (secondary N) is 1. The third-order valence-electron chi connectivity index (χ3n) is 3.12. The van der Waals surface area contributed by atoms with Gasteiger partial charge in [-0.05, 0) is 25.0 Å². The van der Waals surface area contributed by atoms with E-state index in [0.717, 1.165) is 29.5 Å². The molecule has 1 heterocycles. The van der Waals surface area contributed by atoms with Crippen molar-refractivity contribution in [3.05, 3.63) is 23.2 Å². The van der Waals surface area contributed by atoms with Crippen LogP contribution >= 0.6 is 23.2 Å². The molecule has 0 radical (unpaired) electrons. The Balaban J connectivity index is 2.15. The van der Waals surface area contributed by atoms with Gasteiger partial charge in [0.25, 0.3) is 0 Å². The highest BCUT2D eigenvalue weighted by Crippen LogP contribution is 2.35. The van der Waals surface area contributed by atoms with Gasteiger partial charge in [-0.25, -0.2) is 0 Å². The van der Waals surface area contributed by atoms with Crippen molar-refractivity contribution in [2.24, 2.45) is 0 Å². The first-order valence-electron chi connectivity index (χ1n) is 6.23. The highest BCUT2D eigenvalue weighted by atomic mass is 35.5. The van der Waals surface area contributed by atoms with Gasteiger partial charge in [-0.2, -0.15) is 0 Å². The molecule has 18 heavy (non-hydrogen) atoms. The second kappa shape index (κ2) is 6.50. The number of hydrogen-bond acceptors (Lipinski definition) is 3. The zero-order valence-corrected chi connectivity index (χ0v) is 11.7. The molecule has 5 heteroatoms. The molecule has 1 aromatic carbocycles. The first-order valence-corrected chi connectivity index (χ1v) is 7.15. The van der Waals surface area contributed by atoms with E-state index in [4.69, 9.17) is 23.2 Å². The predicted molar refractivity (Wildman–Crippen MR) is 78.1 cm³/mol. The number of nitrogens with zero attached hydrogens (tertiary/aromatic N) is 1. The maximum Gasteiger partial charge on any atom is 0.0847 e. The summed E-state index contributed by atoms with van der Waals surface area (Å²) in [4.78, 5) is 2.29. The Kier molecular flexibility index (Phi) is 4.98. The smallest absolute Gasteiger partial charge is 0.0847 e. The highest BCUT2D eigenvalue weighted by Gasteiger charge is 2.18. The maximum absolute atomic E-state index is 9.50. The maximum atomic E-state index is 9.50. The van der Waals surface area contributed by atoms with E-state index < -0.39 is 6.10 Å². The van der Waals surface area contributed by atoms with Crippen molar-refractivity contribution in [3.63, 3.8) is 0 Å². The summed E-state index contributed by atoms with van der Waals surface area (Å²) in [5.41, 5.74) is 2.01. The first kappa shape index (κ1) is 13.8. The summed E-state index contributed by atoms with van der Waals surface area (Å²) in [5, 5.41) is 13.5. The molecule has 0 spiro atoms. The molecule has 2 N–H and O–H groups in total. The van der Waals surface area contributed by atoms with Gasteiger partial charge in [0.2, 0.25) is 0 Å². The number of alkyl halides is 1. The molecular weight excluding hydrogens is 271 g/mol. The van der Waals surface area contributed by atoms with Crippen molar-refractivity contribution in [1.82, 2.24) is 0 Å². The van der Waals surface area contributed by atoms with E-state index in [1.165, 1.54) is 12.8 Å². The third kappa shape index (κ3) is 3.22. The fourth-order valence-electron chi connectivity index (χ4n) is 2.20. The molecule has 2 rings (SSSR count). The molecule has 1 fully saturated rings. The average molecular weight is 289 g/mol. The van der Waals surface area contributed by atoms with Crippen molar-refractivity contribution in [3.8, 4) is 0 Å². The second-order valence-electron chi connectivity index (χ2n) is 4.52. The summed E-state index contributed by atoms with van der Waals surface area (Å²) in [6.07, 6.45) is 1.86. The topological polar surface area (TPSA) is 35.5 Å². The van der Waals surface area contributed by atoms with Crippen molar-refractivity contribution >= 4 is 34.6 Å². The van der Waals surface area contributed by atoms with Gasteiger partial charge in [0.05, 0.1) is 28.4 Å². The normalized spacial score (nSPS) is 16.9. The molecule has 1 saturated heterocycles. The summed E-state index contributed by atoms with van der Waals surface area (Å²) in [7, 11) is 0. The van der Waals surface area contributed by atoms with E-state index in [2.05, 4.69) is 10.2 Å². The van der Waals surface area contributed by atoms with Gasteiger partial charge in [-0.1, -0.05) is 17.7 Å². The minimum Gasteiger partial charge on any atom is -0.390 e. The lowest BCUT2D eigenvalue weighted by molar-refractivity contribution is 0.211. The van der Waals surface area contributed by atoms with Crippen LogP contribution in [0.15, 0.2) is 18.2 Å². The van der Waals surface area contributed by atoms with Crippen LogP contribution in [0.5, 0.6) is 0 Å². The lowest BCUT2D eigenvalue weighted by Crippen LogP contribution is -2.24. The Hall–Kier alpha value is -0.640. The van der Waals surface area contributed by atoms with Gasteiger partial charge in [-0.3, -0.25) is 0 Å². The van der Waals surface area contributed by atoms with Gasteiger partial charge in [-0.15, -0.1) is 11.6 Å². The van der Waals surface area contributed by atoms with Crippen LogP contribution in [0.4, 0.5) is 11.4 Å². The van der Waals surface area contributed by atoms with Crippen LogP contribution in [0.3, 0.4) is 0 Å². The third-order valence-corrected chi connectivity index (χ3v) is 3.78. The van der Waals surface area contributed by atoms with E-state index in [1.54, 1.807) is 0 Å². The van der Waals surface area contributed by atoms with Gasteiger partial charge >= 0.3 is 0 Å². The van der Waals surface area contributed by atoms with Crippen molar-refractivity contribution < 1.29 is 5.11 Å². The minimum atomic E-state index is -0.544. The minimum absolute atomic E-state index is 0.229. The molecule has 1 unspecified atom stereocenters. The molecule has 0 aliphatic carbocycles. The molecule has 0 saturated carbocycles. The second-order valence-corrected chi connectivity index (χ2v) is 5.23. The van der Waals surface area contributed by atoms with Gasteiger partial charge in [0, 0.05) is 19.6 Å². The molecule has 1 atom stereocenters. The van der Waals surface area contributed by atoms with Crippen LogP contribution in [-0.2, 0) is 0 Å². The number of para-hydroxylation sites is 1. The number of anilines is 2. The molecular formula is C13H18Cl2N2O. The quantitative estimate of drug-likeness (QED) is 0.818. The van der Waals surface area contributed by atoms with Crippen LogP contribution in [-0.4, -0.2) is 36.7 Å². The summed E-state index contributed by atoms with van der Waals surface area (Å²) >= 11 is 11.9. The van der Waals surface area contributed by atoms with E-state index >= 15 is 0 Å². The summed E-state index contributed by atoms with van der Waals surface area (Å²) in [6, 6.07) is 5.80. The molecule has 1 aliphatic rings. The number of aliphatic hydroxyl groups excluding tert-OH is 1. The zero-order valence-electron chi connectivity index (χ0n) is 10.2. The van der Waals surface area contributed by atoms with Crippen LogP contribution in [0.1, 0.15) is 12.8 Å². The standard InChI is InChI=1S/C13H18Cl2N2O/c14-8-10(18)9-16-12-5-3-4-11(15)13(12)17-6-1-2-7-17/h3-5,10,16,18H,1-2,6-9H2. The van der Waals surface area contributed by atoms with Crippen molar-refractivity contribution in [1.29, 1.82) is 0 Å². The van der Waals surface area contributed by atoms with Crippen molar-refractivity contribution in [2.45, 2.75) is 18.9 Å². The van der Waals surface area contributed by atoms with Gasteiger partial charge in [0.15, 0.2) is 0 Å². The summed E-state index contributed by atoms with van der Waals surface area (Å²) in [5.74, 6) is 0.229. The number of benzene rings is 1. The van der Waals surface area contributed by atoms with Crippen LogP contribution in [0, 0.1) is 0 Å². The molecule has 3 nitrogen and oxygen atoms in total. The SMILES string of the molecule is OC(CCl)CNc1cccc(Cl)c1N1CCCC1. The first-order chi connectivity index (χ1) is 8.72. The predicted octanol–water partition coefficient (Wildman–Crippen LogP) is 2.95. The van der Waals surface area contributed by atoms with E-state index in [0.29, 0.717) is 6.54 Å². The van der Waals surface area contributed by atoms with E-state index in [-0.39, 0.29) is 5.88 Å². The fraction of sp³-hybridized carbons (Fsp3) is 0.538. The van der Waals surface area contributed by atoms with E-state index in [9.17, 15) is 5.11 Å². The van der Waals surface area contributed by atoms with Crippen LogP contribution in [0.25, 0.3) is 0 Å². The zero-order chi connectivity index (χ0) is 13.0. The number of aliphatic hydroxyl groups is 1. The average Bonchev–Trinajstić information content (AvgIpc) is 2.89. The van der Waals surface area contributed by atoms with Gasteiger partial charge in [0.1, 0.15) is 0 Å². The molecule has 0 aromatic heterocycles. The largest absolute Gasteiger partial charge is 0.390 e. The molecule has 1 aromatic rings. The van der Waals surface area contributed by atoms with E-state index in [1.807, 2.05) is 18.2 Å². The van der Waals surface area contributed by atoms with Crippen LogP contribution in [0.2, 0.25) is 5.02 Å². The fourth-order valence-corrected chi connectivity index (χ4v) is 2.61. The Labute approximate surface area is 118 Å². The number of halogens is 2. The Morgan fingerprint density at radius 3 is 2.72 bits per heavy atom. The molecule has 0 amide bonds.